The van der Waals surface area contributed by atoms with E-state index in [4.69, 9.17) is 10.5 Å². The third-order valence-corrected chi connectivity index (χ3v) is 8.37. The summed E-state index contributed by atoms with van der Waals surface area (Å²) in [6, 6.07) is 3.69. The van der Waals surface area contributed by atoms with Crippen LogP contribution in [0.1, 0.15) is 60.0 Å². The van der Waals surface area contributed by atoms with Gasteiger partial charge < -0.3 is 15.6 Å². The third kappa shape index (κ3) is 1.81. The lowest BCUT2D eigenvalue weighted by molar-refractivity contribution is -0.190. The summed E-state index contributed by atoms with van der Waals surface area (Å²) in [6.45, 7) is 1.89. The molecule has 3 N–H and O–H groups in total. The summed E-state index contributed by atoms with van der Waals surface area (Å²) in [4.78, 5) is 27.4. The normalized spacial score (nSPS) is 38.5. The number of ketones is 1. The van der Waals surface area contributed by atoms with Crippen molar-refractivity contribution in [1.29, 1.82) is 0 Å². The Morgan fingerprint density at radius 3 is 2.86 bits per heavy atom. The van der Waals surface area contributed by atoms with Crippen LogP contribution in [0.25, 0.3) is 0 Å². The second-order valence-corrected chi connectivity index (χ2v) is 9.46. The molecular weight excluding hydrogens is 356 g/mol. The molecule has 1 aromatic rings. The van der Waals surface area contributed by atoms with Gasteiger partial charge in [0.05, 0.1) is 16.6 Å². The number of amides is 1. The molecular formula is C22H26N2O4. The highest BCUT2D eigenvalue weighted by Crippen LogP contribution is 2.64. The van der Waals surface area contributed by atoms with E-state index in [2.05, 4.69) is 4.90 Å². The fourth-order valence-corrected chi connectivity index (χ4v) is 6.85. The van der Waals surface area contributed by atoms with Crippen LogP contribution in [-0.2, 0) is 16.6 Å². The van der Waals surface area contributed by atoms with E-state index < -0.39 is 23.0 Å². The smallest absolute Gasteiger partial charge is 0.252 e. The van der Waals surface area contributed by atoms with Crippen LogP contribution in [0.4, 0.5) is 0 Å². The highest BCUT2D eigenvalue weighted by molar-refractivity contribution is 5.98. The lowest BCUT2D eigenvalue weighted by Gasteiger charge is -2.63. The molecule has 148 valence electrons. The molecule has 2 aliphatic heterocycles. The van der Waals surface area contributed by atoms with Gasteiger partial charge in [-0.25, -0.2) is 0 Å². The van der Waals surface area contributed by atoms with Crippen LogP contribution in [0.3, 0.4) is 0 Å². The summed E-state index contributed by atoms with van der Waals surface area (Å²) in [6.07, 6.45) is 5.38. The van der Waals surface area contributed by atoms with Crippen molar-refractivity contribution in [3.63, 3.8) is 0 Å². The molecule has 28 heavy (non-hydrogen) atoms. The predicted molar refractivity (Wildman–Crippen MR) is 101 cm³/mol. The molecule has 6 heteroatoms. The average molecular weight is 382 g/mol. The topological polar surface area (TPSA) is 92.9 Å². The molecule has 4 atom stereocenters. The Bertz CT molecular complexity index is 910. The van der Waals surface area contributed by atoms with E-state index in [-0.39, 0.29) is 11.8 Å². The Morgan fingerprint density at radius 1 is 1.32 bits per heavy atom. The lowest BCUT2D eigenvalue weighted by atomic mass is 9.49. The monoisotopic (exact) mass is 382 g/mol. The number of nitrogens with two attached hydrogens (primary N) is 1. The highest BCUT2D eigenvalue weighted by Gasteiger charge is 2.73. The van der Waals surface area contributed by atoms with Gasteiger partial charge in [-0.3, -0.25) is 14.5 Å². The number of aliphatic hydroxyl groups is 1. The van der Waals surface area contributed by atoms with E-state index in [1.807, 2.05) is 6.07 Å². The first-order valence-electron chi connectivity index (χ1n) is 10.6. The molecule has 0 radical (unpaired) electrons. The Balaban J connectivity index is 1.54. The van der Waals surface area contributed by atoms with Gasteiger partial charge in [-0.15, -0.1) is 0 Å². The number of likely N-dealkylation sites (tertiary alicyclic amines) is 1. The van der Waals surface area contributed by atoms with Crippen LogP contribution in [0, 0.1) is 5.92 Å². The van der Waals surface area contributed by atoms with Crippen LogP contribution in [-0.4, -0.2) is 52.5 Å². The van der Waals surface area contributed by atoms with E-state index in [9.17, 15) is 14.7 Å². The molecule has 1 amide bonds. The summed E-state index contributed by atoms with van der Waals surface area (Å²) in [5, 5.41) is 12.1. The predicted octanol–water partition coefficient (Wildman–Crippen LogP) is 1.31. The number of hydrogen-bond acceptors (Lipinski definition) is 5. The first-order valence-corrected chi connectivity index (χ1v) is 10.6. The molecule has 2 saturated carbocycles. The zero-order valence-corrected chi connectivity index (χ0v) is 15.9. The molecule has 1 saturated heterocycles. The largest absolute Gasteiger partial charge is 0.480 e. The van der Waals surface area contributed by atoms with Crippen LogP contribution < -0.4 is 10.5 Å². The maximum absolute atomic E-state index is 12.9. The molecule has 1 aromatic carbocycles. The van der Waals surface area contributed by atoms with Gasteiger partial charge in [-0.1, -0.05) is 12.5 Å². The van der Waals surface area contributed by atoms with Crippen molar-refractivity contribution in [1.82, 2.24) is 4.90 Å². The zero-order chi connectivity index (χ0) is 19.3. The Labute approximate surface area is 164 Å². The van der Waals surface area contributed by atoms with Gasteiger partial charge in [0.15, 0.2) is 11.9 Å². The minimum Gasteiger partial charge on any atom is -0.480 e. The fraction of sp³-hybridized carbons (Fsp3) is 0.636. The quantitative estimate of drug-likeness (QED) is 0.822. The molecule has 3 unspecified atom stereocenters. The van der Waals surface area contributed by atoms with Gasteiger partial charge in [0.2, 0.25) is 0 Å². The number of benzene rings is 1. The minimum atomic E-state index is -0.998. The van der Waals surface area contributed by atoms with Crippen LogP contribution in [0.5, 0.6) is 5.75 Å². The van der Waals surface area contributed by atoms with Crippen molar-refractivity contribution in [3.8, 4) is 5.75 Å². The number of hydrogen-bond donors (Lipinski definition) is 2. The van der Waals surface area contributed by atoms with E-state index >= 15 is 0 Å². The summed E-state index contributed by atoms with van der Waals surface area (Å²) in [5.41, 5.74) is 6.18. The van der Waals surface area contributed by atoms with Gasteiger partial charge in [-0.05, 0) is 56.2 Å². The SMILES string of the molecule is NC(=O)c1ccc2c3c1OC1C(=O)CCC4(O)C(C2)N(CC2CCC2)CC[C@]314. The first kappa shape index (κ1) is 17.0. The molecule has 3 fully saturated rings. The van der Waals surface area contributed by atoms with Crippen molar-refractivity contribution in [2.75, 3.05) is 13.1 Å². The number of ether oxygens (including phenoxy) is 1. The maximum Gasteiger partial charge on any atom is 0.252 e. The maximum atomic E-state index is 12.9. The molecule has 6 nitrogen and oxygen atoms in total. The van der Waals surface area contributed by atoms with Gasteiger partial charge >= 0.3 is 0 Å². The van der Waals surface area contributed by atoms with Crippen LogP contribution in [0.2, 0.25) is 0 Å². The molecule has 2 bridgehead atoms. The summed E-state index contributed by atoms with van der Waals surface area (Å²) in [5.74, 6) is 0.672. The number of carbonyl (C=O) groups is 2. The number of primary amides is 1. The first-order chi connectivity index (χ1) is 13.5. The number of piperidine rings is 1. The summed E-state index contributed by atoms with van der Waals surface area (Å²) in [7, 11) is 0. The summed E-state index contributed by atoms with van der Waals surface area (Å²) < 4.78 is 6.17. The molecule has 5 aliphatic rings. The van der Waals surface area contributed by atoms with Gasteiger partial charge in [0.1, 0.15) is 5.75 Å². The Kier molecular flexibility index (Phi) is 3.25. The number of Topliss-reactive ketones (excluding diaryl/α,β-unsaturated/α-hetero) is 1. The molecule has 6 rings (SSSR count). The molecule has 0 aromatic heterocycles. The third-order valence-electron chi connectivity index (χ3n) is 8.37. The van der Waals surface area contributed by atoms with Crippen molar-refractivity contribution in [2.45, 2.75) is 68.1 Å². The van der Waals surface area contributed by atoms with E-state index in [0.717, 1.165) is 36.6 Å². The van der Waals surface area contributed by atoms with Gasteiger partial charge in [-0.2, -0.15) is 0 Å². The molecule has 3 aliphatic carbocycles. The summed E-state index contributed by atoms with van der Waals surface area (Å²) >= 11 is 0. The van der Waals surface area contributed by atoms with E-state index in [1.54, 1.807) is 6.07 Å². The lowest BCUT2D eigenvalue weighted by Crippen LogP contribution is -2.76. The number of rotatable bonds is 3. The number of nitrogens with zero attached hydrogens (tertiary/aromatic N) is 1. The second-order valence-electron chi connectivity index (χ2n) is 9.46. The minimum absolute atomic E-state index is 0.000993. The average Bonchev–Trinajstić information content (AvgIpc) is 2.97. The van der Waals surface area contributed by atoms with Crippen LogP contribution in [0.15, 0.2) is 12.1 Å². The molecule has 2 heterocycles. The van der Waals surface area contributed by atoms with Crippen molar-refractivity contribution < 1.29 is 19.4 Å². The highest BCUT2D eigenvalue weighted by atomic mass is 16.5. The Morgan fingerprint density at radius 2 is 2.14 bits per heavy atom. The standard InChI is InChI=1S/C22H26N2O4/c23-20(26)14-5-4-13-10-16-22(27)7-6-15(25)19-21(22,17(13)18(14)28-19)8-9-24(16)11-12-2-1-3-12/h4-5,12,16,19,27H,1-3,6-11H2,(H2,23,26)/t16?,19?,21-,22?/m0/s1. The van der Waals surface area contributed by atoms with E-state index in [1.165, 1.54) is 19.3 Å². The van der Waals surface area contributed by atoms with Crippen molar-refractivity contribution in [2.24, 2.45) is 11.7 Å². The fourth-order valence-electron chi connectivity index (χ4n) is 6.85. The number of carbonyl (C=O) groups excluding carboxylic acids is 2. The van der Waals surface area contributed by atoms with Gasteiger partial charge in [0, 0.05) is 24.6 Å². The van der Waals surface area contributed by atoms with Gasteiger partial charge in [0.25, 0.3) is 5.91 Å². The van der Waals surface area contributed by atoms with Crippen LogP contribution >= 0.6 is 0 Å². The van der Waals surface area contributed by atoms with E-state index in [0.29, 0.717) is 30.6 Å². The van der Waals surface area contributed by atoms with Crippen molar-refractivity contribution in [3.05, 3.63) is 28.8 Å². The Hall–Kier alpha value is -1.92. The van der Waals surface area contributed by atoms with Crippen molar-refractivity contribution >= 4 is 11.7 Å². The zero-order valence-electron chi connectivity index (χ0n) is 15.9. The molecule has 1 spiro atoms. The second kappa shape index (κ2) is 5.36.